The van der Waals surface area contributed by atoms with Crippen molar-refractivity contribution in [1.29, 1.82) is 0 Å². The summed E-state index contributed by atoms with van der Waals surface area (Å²) in [6.07, 6.45) is 2.19. The third-order valence-electron chi connectivity index (χ3n) is 15.8. The molecular weight excluding hydrogens is 760 g/mol. The number of esters is 2. The van der Waals surface area contributed by atoms with Crippen LogP contribution in [0.2, 0.25) is 0 Å². The molecule has 5 N–H and O–H groups in total. The van der Waals surface area contributed by atoms with Gasteiger partial charge in [0, 0.05) is 29.4 Å². The number of allylic oxidation sites excluding steroid dienone is 2. The van der Waals surface area contributed by atoms with E-state index in [9.17, 15) is 35.1 Å². The van der Waals surface area contributed by atoms with Crippen LogP contribution >= 0.6 is 0 Å². The lowest BCUT2D eigenvalue weighted by atomic mass is 9.49. The second kappa shape index (κ2) is 13.5. The molecule has 11 bridgehead atoms. The molecule has 1 spiro atoms. The van der Waals surface area contributed by atoms with Gasteiger partial charge in [-0.15, -0.1) is 0 Å². The van der Waals surface area contributed by atoms with Gasteiger partial charge in [0.15, 0.2) is 0 Å². The Labute approximate surface area is 342 Å². The molecule has 4 saturated carbocycles. The molecule has 316 valence electrons. The van der Waals surface area contributed by atoms with Crippen molar-refractivity contribution >= 4 is 11.9 Å². The highest BCUT2D eigenvalue weighted by atomic mass is 16.9. The summed E-state index contributed by atoms with van der Waals surface area (Å²) in [6, 6.07) is 17.8. The lowest BCUT2D eigenvalue weighted by Crippen LogP contribution is -2.89. The van der Waals surface area contributed by atoms with Crippen LogP contribution in [0, 0.1) is 35.5 Å². The topological polar surface area (TPSA) is 194 Å². The van der Waals surface area contributed by atoms with E-state index in [-0.39, 0.29) is 24.7 Å². The quantitative estimate of drug-likeness (QED) is 0.223. The highest BCUT2D eigenvalue weighted by Gasteiger charge is 2.91. The van der Waals surface area contributed by atoms with Crippen molar-refractivity contribution < 1.29 is 63.5 Å². The Kier molecular flexibility index (Phi) is 9.07. The first-order valence-corrected chi connectivity index (χ1v) is 21.2. The van der Waals surface area contributed by atoms with Gasteiger partial charge in [-0.25, -0.2) is 9.59 Å². The SMILES string of the molecule is CC1CC2C3(O)C1OC(=O)/C=C/C=C/C(OC(=O)c1ccccc1)C1CCCC(C1)CC(C)(O)C1(O)C4OC5(c6ccccc6)OC1C(C1OC1(CO)C3O)C2(O5)C4C. The second-order valence-electron chi connectivity index (χ2n) is 18.9. The third-order valence-corrected chi connectivity index (χ3v) is 15.8. The number of aliphatic hydroxyl groups is 5. The normalized spacial score (nSPS) is 51.7. The second-order valence-corrected chi connectivity index (χ2v) is 18.9. The first-order valence-electron chi connectivity index (χ1n) is 21.2. The van der Waals surface area contributed by atoms with Crippen LogP contribution in [0.1, 0.15) is 75.2 Å². The van der Waals surface area contributed by atoms with Crippen LogP contribution in [0.25, 0.3) is 0 Å². The number of aliphatic hydroxyl groups excluding tert-OH is 2. The maximum Gasteiger partial charge on any atom is 0.338 e. The number of rotatable bonds is 4. The predicted molar refractivity (Wildman–Crippen MR) is 207 cm³/mol. The Morgan fingerprint density at radius 3 is 2.32 bits per heavy atom. The Balaban J connectivity index is 1.13. The first-order chi connectivity index (χ1) is 28.2. The van der Waals surface area contributed by atoms with Crippen molar-refractivity contribution in [3.05, 3.63) is 96.1 Å². The van der Waals surface area contributed by atoms with Crippen LogP contribution in [0.5, 0.6) is 0 Å². The third kappa shape index (κ3) is 5.35. The molecule has 59 heavy (non-hydrogen) atoms. The van der Waals surface area contributed by atoms with Gasteiger partial charge in [-0.3, -0.25) is 0 Å². The Morgan fingerprint density at radius 1 is 0.881 bits per heavy atom. The summed E-state index contributed by atoms with van der Waals surface area (Å²) in [6.45, 7) is 4.61. The van der Waals surface area contributed by atoms with Crippen LogP contribution in [0.3, 0.4) is 0 Å². The van der Waals surface area contributed by atoms with Crippen molar-refractivity contribution in [1.82, 2.24) is 0 Å². The molecule has 13 heteroatoms. The van der Waals surface area contributed by atoms with Gasteiger partial charge in [-0.1, -0.05) is 87.4 Å². The van der Waals surface area contributed by atoms with Gasteiger partial charge in [0.1, 0.15) is 53.4 Å². The summed E-state index contributed by atoms with van der Waals surface area (Å²) in [5.41, 5.74) is -8.46. The van der Waals surface area contributed by atoms with Gasteiger partial charge in [-0.05, 0) is 68.6 Å². The largest absolute Gasteiger partial charge is 0.456 e. The zero-order valence-corrected chi connectivity index (χ0v) is 33.5. The molecule has 8 fully saturated rings. The molecule has 6 aliphatic heterocycles. The molecule has 6 heterocycles. The number of fused-ring (bicyclic) bond motifs is 6. The number of carbonyl (C=O) groups is 2. The van der Waals surface area contributed by atoms with E-state index in [1.807, 2.05) is 38.1 Å². The van der Waals surface area contributed by atoms with E-state index in [2.05, 4.69) is 0 Å². The lowest BCUT2D eigenvalue weighted by Gasteiger charge is -2.74. The zero-order chi connectivity index (χ0) is 41.3. The van der Waals surface area contributed by atoms with Crippen LogP contribution < -0.4 is 0 Å². The Morgan fingerprint density at radius 2 is 1.59 bits per heavy atom. The van der Waals surface area contributed by atoms with Crippen LogP contribution in [-0.4, -0.2) is 109 Å². The summed E-state index contributed by atoms with van der Waals surface area (Å²) in [7, 11) is 0. The molecule has 0 radical (unpaired) electrons. The van der Waals surface area contributed by atoms with E-state index >= 15 is 0 Å². The highest BCUT2D eigenvalue weighted by Crippen LogP contribution is 2.75. The van der Waals surface area contributed by atoms with Crippen molar-refractivity contribution in [2.75, 3.05) is 6.61 Å². The highest BCUT2D eigenvalue weighted by molar-refractivity contribution is 5.89. The fraction of sp³-hybridized carbons (Fsp3) is 0.609. The molecule has 0 amide bonds. The van der Waals surface area contributed by atoms with Crippen LogP contribution in [-0.2, 0) is 39.2 Å². The van der Waals surface area contributed by atoms with E-state index in [4.69, 9.17) is 28.4 Å². The lowest BCUT2D eigenvalue weighted by molar-refractivity contribution is -0.595. The van der Waals surface area contributed by atoms with Gasteiger partial charge >= 0.3 is 17.9 Å². The minimum atomic E-state index is -2.22. The van der Waals surface area contributed by atoms with Crippen molar-refractivity contribution in [3.8, 4) is 0 Å². The van der Waals surface area contributed by atoms with E-state index in [0.29, 0.717) is 17.5 Å². The number of hydrogen-bond acceptors (Lipinski definition) is 13. The van der Waals surface area contributed by atoms with Crippen LogP contribution in [0.4, 0.5) is 0 Å². The Hall–Kier alpha value is -3.50. The molecule has 18 unspecified atom stereocenters. The Bertz CT molecular complexity index is 2040. The summed E-state index contributed by atoms with van der Waals surface area (Å²) < 4.78 is 39.6. The fourth-order valence-corrected chi connectivity index (χ4v) is 13.1. The van der Waals surface area contributed by atoms with Gasteiger partial charge in [0.25, 0.3) is 0 Å². The summed E-state index contributed by atoms with van der Waals surface area (Å²) in [5, 5.41) is 63.4. The maximum absolute atomic E-state index is 13.7. The van der Waals surface area contributed by atoms with E-state index in [1.165, 1.54) is 12.2 Å². The van der Waals surface area contributed by atoms with Gasteiger partial charge < -0.3 is 54.0 Å². The molecule has 0 aromatic heterocycles. The summed E-state index contributed by atoms with van der Waals surface area (Å²) in [4.78, 5) is 27.2. The van der Waals surface area contributed by atoms with E-state index < -0.39 is 113 Å². The van der Waals surface area contributed by atoms with Gasteiger partial charge in [-0.2, -0.15) is 0 Å². The van der Waals surface area contributed by atoms with Gasteiger partial charge in [0.2, 0.25) is 0 Å². The number of benzene rings is 2. The molecule has 12 rings (SSSR count). The molecule has 4 aliphatic carbocycles. The standard InChI is InChI=1S/C46H54O13/c1-25-21-32-43(52)35(25)55-33(48)20-11-10-19-31(54-39(49)28-14-6-4-7-15-28)29-16-12-13-27(22-29)23-41(3,51)45(53)36-26(2)44(32)34(37-42(24-47,56-37)40(43)50)38(45)58-46(57-36,59-44)30-17-8-5-9-18-30/h4-11,14-15,17-20,25-27,29,31-32,34-38,40,47,50-53H,12-13,16,21-24H2,1-3H3/b19-10+,20-11+. The minimum absolute atomic E-state index is 0.126. The molecule has 2 aromatic carbocycles. The van der Waals surface area contributed by atoms with E-state index in [1.54, 1.807) is 55.5 Å². The average Bonchev–Trinajstić information content (AvgIpc) is 3.92. The zero-order valence-electron chi connectivity index (χ0n) is 33.5. The maximum atomic E-state index is 13.7. The summed E-state index contributed by atoms with van der Waals surface area (Å²) in [5.74, 6) is -6.61. The predicted octanol–water partition coefficient (Wildman–Crippen LogP) is 3.45. The number of carbonyl (C=O) groups excluding carboxylic acids is 2. The van der Waals surface area contributed by atoms with Gasteiger partial charge in [0.05, 0.1) is 23.4 Å². The van der Waals surface area contributed by atoms with Crippen molar-refractivity contribution in [3.63, 3.8) is 0 Å². The smallest absolute Gasteiger partial charge is 0.338 e. The van der Waals surface area contributed by atoms with E-state index in [0.717, 1.165) is 19.3 Å². The fourth-order valence-electron chi connectivity index (χ4n) is 13.1. The first kappa shape index (κ1) is 39.6. The number of epoxide rings is 1. The molecule has 10 aliphatic rings. The summed E-state index contributed by atoms with van der Waals surface area (Å²) >= 11 is 0. The molecule has 2 aromatic rings. The molecule has 4 saturated heterocycles. The number of ether oxygens (including phenoxy) is 6. The average molecular weight is 815 g/mol. The van der Waals surface area contributed by atoms with Crippen molar-refractivity contribution in [2.45, 2.75) is 130 Å². The minimum Gasteiger partial charge on any atom is -0.456 e. The van der Waals surface area contributed by atoms with Crippen molar-refractivity contribution in [2.24, 2.45) is 35.5 Å². The number of hydrogen-bond donors (Lipinski definition) is 5. The molecule has 13 nitrogen and oxygen atoms in total. The monoisotopic (exact) mass is 814 g/mol. The molecule has 18 atom stereocenters. The molecular formula is C46H54O13. The van der Waals surface area contributed by atoms with Crippen LogP contribution in [0.15, 0.2) is 85.0 Å².